The molecule has 0 spiro atoms. The first kappa shape index (κ1) is 12.9. The summed E-state index contributed by atoms with van der Waals surface area (Å²) < 4.78 is 1.14. The Kier molecular flexibility index (Phi) is 4.86. The first-order valence-corrected chi connectivity index (χ1v) is 7.31. The summed E-state index contributed by atoms with van der Waals surface area (Å²) in [5.74, 6) is 0. The molecule has 0 aromatic heterocycles. The molecule has 1 aliphatic rings. The Bertz CT molecular complexity index is 337. The zero-order chi connectivity index (χ0) is 12.1. The fraction of sp³-hybridized carbons (Fsp3) is 0.571. The van der Waals surface area contributed by atoms with Crippen LogP contribution in [0.3, 0.4) is 0 Å². The van der Waals surface area contributed by atoms with Crippen molar-refractivity contribution in [2.45, 2.75) is 32.2 Å². The number of hydrogen-bond donors (Lipinski definition) is 1. The number of anilines is 1. The van der Waals surface area contributed by atoms with Crippen molar-refractivity contribution < 1.29 is 0 Å². The highest BCUT2D eigenvalue weighted by Crippen LogP contribution is 2.19. The van der Waals surface area contributed by atoms with Crippen LogP contribution in [0.15, 0.2) is 28.7 Å². The van der Waals surface area contributed by atoms with Gasteiger partial charge < -0.3 is 10.2 Å². The average molecular weight is 297 g/mol. The normalized spacial score (nSPS) is 22.1. The minimum absolute atomic E-state index is 0.632. The number of rotatable bonds is 3. The second-order valence-electron chi connectivity index (χ2n) is 4.71. The third-order valence-electron chi connectivity index (χ3n) is 3.48. The van der Waals surface area contributed by atoms with Crippen molar-refractivity contribution in [3.8, 4) is 0 Å². The monoisotopic (exact) mass is 296 g/mol. The van der Waals surface area contributed by atoms with E-state index in [0.29, 0.717) is 6.04 Å². The number of hydrogen-bond acceptors (Lipinski definition) is 2. The zero-order valence-corrected chi connectivity index (χ0v) is 12.0. The van der Waals surface area contributed by atoms with E-state index in [-0.39, 0.29) is 0 Å². The van der Waals surface area contributed by atoms with Crippen LogP contribution in [0, 0.1) is 0 Å². The van der Waals surface area contributed by atoms with Crippen molar-refractivity contribution in [1.82, 2.24) is 4.90 Å². The number of nitrogens with one attached hydrogen (secondary N) is 1. The molecule has 1 aromatic carbocycles. The van der Waals surface area contributed by atoms with Crippen LogP contribution in [-0.4, -0.2) is 30.6 Å². The molecule has 1 fully saturated rings. The van der Waals surface area contributed by atoms with Gasteiger partial charge in [0.1, 0.15) is 0 Å². The van der Waals surface area contributed by atoms with Crippen LogP contribution in [0.25, 0.3) is 0 Å². The van der Waals surface area contributed by atoms with E-state index in [1.165, 1.54) is 44.6 Å². The van der Waals surface area contributed by atoms with E-state index in [1.54, 1.807) is 0 Å². The lowest BCUT2D eigenvalue weighted by Crippen LogP contribution is -2.26. The molecule has 3 heteroatoms. The molecule has 1 N–H and O–H groups in total. The van der Waals surface area contributed by atoms with Crippen LogP contribution in [-0.2, 0) is 0 Å². The van der Waals surface area contributed by atoms with Crippen LogP contribution >= 0.6 is 15.9 Å². The van der Waals surface area contributed by atoms with Crippen LogP contribution in [0.4, 0.5) is 5.69 Å². The predicted molar refractivity (Wildman–Crippen MR) is 77.5 cm³/mol. The molecule has 1 atom stereocenters. The van der Waals surface area contributed by atoms with Crippen molar-refractivity contribution in [2.24, 2.45) is 0 Å². The molecule has 17 heavy (non-hydrogen) atoms. The molecule has 0 radical (unpaired) electrons. The lowest BCUT2D eigenvalue weighted by Gasteiger charge is -2.19. The van der Waals surface area contributed by atoms with Crippen molar-refractivity contribution in [3.05, 3.63) is 28.7 Å². The van der Waals surface area contributed by atoms with Crippen molar-refractivity contribution in [1.29, 1.82) is 0 Å². The van der Waals surface area contributed by atoms with Crippen molar-refractivity contribution >= 4 is 21.6 Å². The first-order chi connectivity index (χ1) is 8.28. The molecule has 0 saturated carbocycles. The summed E-state index contributed by atoms with van der Waals surface area (Å²) in [5.41, 5.74) is 1.24. The smallest absolute Gasteiger partial charge is 0.0343 e. The standard InChI is InChI=1S/C14H21BrN2/c1-2-17-10-3-4-13(9-11-17)16-14-7-5-12(15)6-8-14/h5-8,13,16H,2-4,9-11H2,1H3. The zero-order valence-electron chi connectivity index (χ0n) is 10.5. The summed E-state index contributed by atoms with van der Waals surface area (Å²) >= 11 is 3.47. The van der Waals surface area contributed by atoms with E-state index in [0.717, 1.165) is 4.47 Å². The molecule has 1 unspecified atom stereocenters. The minimum Gasteiger partial charge on any atom is -0.382 e. The Labute approximate surface area is 113 Å². The summed E-state index contributed by atoms with van der Waals surface area (Å²) in [6.45, 7) is 5.92. The van der Waals surface area contributed by atoms with Crippen molar-refractivity contribution in [2.75, 3.05) is 25.0 Å². The van der Waals surface area contributed by atoms with E-state index in [9.17, 15) is 0 Å². The lowest BCUT2D eigenvalue weighted by molar-refractivity contribution is 0.300. The predicted octanol–water partition coefficient (Wildman–Crippen LogP) is 3.74. The second-order valence-corrected chi connectivity index (χ2v) is 5.63. The molecule has 2 rings (SSSR count). The summed E-state index contributed by atoms with van der Waals surface area (Å²) in [4.78, 5) is 2.54. The van der Waals surface area contributed by atoms with Gasteiger partial charge in [0.15, 0.2) is 0 Å². The maximum Gasteiger partial charge on any atom is 0.0343 e. The Morgan fingerprint density at radius 3 is 2.71 bits per heavy atom. The SMILES string of the molecule is CCN1CCCC(Nc2ccc(Br)cc2)CC1. The lowest BCUT2D eigenvalue weighted by atomic mass is 10.1. The molecule has 0 amide bonds. The van der Waals surface area contributed by atoms with E-state index in [4.69, 9.17) is 0 Å². The molecule has 0 bridgehead atoms. The second kappa shape index (κ2) is 6.41. The van der Waals surface area contributed by atoms with Crippen molar-refractivity contribution in [3.63, 3.8) is 0 Å². The maximum atomic E-state index is 3.65. The number of halogens is 1. The van der Waals surface area contributed by atoms with E-state index in [1.807, 2.05) is 0 Å². The van der Waals surface area contributed by atoms with Crippen LogP contribution in [0.5, 0.6) is 0 Å². The van der Waals surface area contributed by atoms with Crippen LogP contribution in [0.1, 0.15) is 26.2 Å². The topological polar surface area (TPSA) is 15.3 Å². The molecule has 0 aliphatic carbocycles. The molecular formula is C14H21BrN2. The molecule has 1 aromatic rings. The fourth-order valence-electron chi connectivity index (χ4n) is 2.40. The highest BCUT2D eigenvalue weighted by Gasteiger charge is 2.15. The summed E-state index contributed by atoms with van der Waals surface area (Å²) in [5, 5.41) is 3.65. The van der Waals surface area contributed by atoms with Gasteiger partial charge in [0.2, 0.25) is 0 Å². The van der Waals surface area contributed by atoms with Gasteiger partial charge in [-0.15, -0.1) is 0 Å². The van der Waals surface area contributed by atoms with Gasteiger partial charge in [0, 0.05) is 22.7 Å². The van der Waals surface area contributed by atoms with Gasteiger partial charge in [-0.05, 0) is 56.6 Å². The molecule has 1 aliphatic heterocycles. The van der Waals surface area contributed by atoms with Gasteiger partial charge in [-0.2, -0.15) is 0 Å². The molecule has 1 heterocycles. The molecule has 1 saturated heterocycles. The van der Waals surface area contributed by atoms with E-state index in [2.05, 4.69) is 57.3 Å². The fourth-order valence-corrected chi connectivity index (χ4v) is 2.66. The highest BCUT2D eigenvalue weighted by molar-refractivity contribution is 9.10. The molecule has 2 nitrogen and oxygen atoms in total. The van der Waals surface area contributed by atoms with Gasteiger partial charge in [-0.1, -0.05) is 22.9 Å². The highest BCUT2D eigenvalue weighted by atomic mass is 79.9. The van der Waals surface area contributed by atoms with Gasteiger partial charge >= 0.3 is 0 Å². The minimum atomic E-state index is 0.632. The Hall–Kier alpha value is -0.540. The largest absolute Gasteiger partial charge is 0.382 e. The number of nitrogens with zero attached hydrogens (tertiary/aromatic N) is 1. The third-order valence-corrected chi connectivity index (χ3v) is 4.01. The first-order valence-electron chi connectivity index (χ1n) is 6.52. The maximum absolute atomic E-state index is 3.65. The molecule has 94 valence electrons. The summed E-state index contributed by atoms with van der Waals surface area (Å²) in [7, 11) is 0. The number of likely N-dealkylation sites (tertiary alicyclic amines) is 1. The Morgan fingerprint density at radius 2 is 2.00 bits per heavy atom. The Morgan fingerprint density at radius 1 is 1.24 bits per heavy atom. The van der Waals surface area contributed by atoms with Gasteiger partial charge in [-0.3, -0.25) is 0 Å². The third kappa shape index (κ3) is 4.00. The van der Waals surface area contributed by atoms with E-state index < -0.39 is 0 Å². The summed E-state index contributed by atoms with van der Waals surface area (Å²) in [6.07, 6.45) is 3.85. The van der Waals surface area contributed by atoms with Gasteiger partial charge in [0.05, 0.1) is 0 Å². The Balaban J connectivity index is 1.88. The average Bonchev–Trinajstić information content (AvgIpc) is 2.57. The summed E-state index contributed by atoms with van der Waals surface area (Å²) in [6, 6.07) is 9.11. The van der Waals surface area contributed by atoms with Gasteiger partial charge in [-0.25, -0.2) is 0 Å². The van der Waals surface area contributed by atoms with Crippen LogP contribution in [0.2, 0.25) is 0 Å². The quantitative estimate of drug-likeness (QED) is 0.914. The number of benzene rings is 1. The van der Waals surface area contributed by atoms with E-state index >= 15 is 0 Å². The molecular weight excluding hydrogens is 276 g/mol. The van der Waals surface area contributed by atoms with Crippen LogP contribution < -0.4 is 5.32 Å². The van der Waals surface area contributed by atoms with Gasteiger partial charge in [0.25, 0.3) is 0 Å².